The summed E-state index contributed by atoms with van der Waals surface area (Å²) in [4.78, 5) is 0. The molecule has 0 aliphatic carbocycles. The molecule has 0 radical (unpaired) electrons. The molecule has 0 atom stereocenters. The lowest BCUT2D eigenvalue weighted by Crippen LogP contribution is -2.39. The molecule has 0 fully saturated rings. The quantitative estimate of drug-likeness (QED) is 0.291. The van der Waals surface area contributed by atoms with E-state index in [-0.39, 0.29) is 16.7 Å². The van der Waals surface area contributed by atoms with Gasteiger partial charge in [0.2, 0.25) is 0 Å². The fourth-order valence-corrected chi connectivity index (χ4v) is 3.89. The first-order chi connectivity index (χ1) is 14.6. The fraction of sp³-hybridized carbons (Fsp3) is 0.182. The van der Waals surface area contributed by atoms with Crippen molar-refractivity contribution in [2.24, 2.45) is 0 Å². The summed E-state index contributed by atoms with van der Waals surface area (Å²) in [6.07, 6.45) is 0. The lowest BCUT2D eigenvalue weighted by molar-refractivity contribution is -0.0600. The molecule has 9 heteroatoms. The van der Waals surface area contributed by atoms with E-state index < -0.39 is 21.2 Å². The molecule has 3 aromatic carbocycles. The normalized spacial score (nSPS) is 12.4. The largest absolute Gasteiger partial charge is 0.523 e. The minimum absolute atomic E-state index is 0.164. The number of ether oxygens (including phenoxy) is 2. The van der Waals surface area contributed by atoms with Gasteiger partial charge in [-0.1, -0.05) is 54.6 Å². The number of methoxy groups -OCH3 is 2. The van der Waals surface area contributed by atoms with Crippen molar-refractivity contribution in [1.82, 2.24) is 0 Å². The van der Waals surface area contributed by atoms with E-state index in [4.69, 9.17) is 13.7 Å². The monoisotopic (exact) mass is 452 g/mol. The Morgan fingerprint density at radius 1 is 0.645 bits per heavy atom. The van der Waals surface area contributed by atoms with Crippen LogP contribution in [0.5, 0.6) is 11.5 Å². The van der Waals surface area contributed by atoms with Crippen LogP contribution in [0.2, 0.25) is 0 Å². The van der Waals surface area contributed by atoms with Crippen LogP contribution in [0.1, 0.15) is 16.7 Å². The van der Waals surface area contributed by atoms with Crippen LogP contribution in [0.3, 0.4) is 0 Å². The van der Waals surface area contributed by atoms with Crippen LogP contribution in [-0.4, -0.2) is 28.1 Å². The third kappa shape index (κ3) is 4.38. The summed E-state index contributed by atoms with van der Waals surface area (Å²) < 4.78 is 80.0. The smallest absolute Gasteiger partial charge is 0.497 e. The van der Waals surface area contributed by atoms with Gasteiger partial charge in [0.05, 0.1) is 14.2 Å². The number of halogens is 3. The Kier molecular flexibility index (Phi) is 6.28. The Hall–Kier alpha value is -3.04. The van der Waals surface area contributed by atoms with Gasteiger partial charge in [-0.3, -0.25) is 0 Å². The van der Waals surface area contributed by atoms with E-state index in [0.717, 1.165) is 0 Å². The van der Waals surface area contributed by atoms with Crippen molar-refractivity contribution >= 4 is 10.1 Å². The predicted octanol–water partition coefficient (Wildman–Crippen LogP) is 4.86. The maximum absolute atomic E-state index is 13.4. The predicted molar refractivity (Wildman–Crippen MR) is 108 cm³/mol. The molecule has 0 saturated heterocycles. The Balaban J connectivity index is 2.36. The molecule has 31 heavy (non-hydrogen) atoms. The second-order valence-corrected chi connectivity index (χ2v) is 8.03. The van der Waals surface area contributed by atoms with Gasteiger partial charge in [-0.25, -0.2) is 4.18 Å². The summed E-state index contributed by atoms with van der Waals surface area (Å²) in [5.41, 5.74) is -7.21. The van der Waals surface area contributed by atoms with E-state index in [0.29, 0.717) is 11.5 Å². The molecule has 0 unspecified atom stereocenters. The highest BCUT2D eigenvalue weighted by atomic mass is 32.2. The zero-order valence-corrected chi connectivity index (χ0v) is 17.4. The van der Waals surface area contributed by atoms with Crippen molar-refractivity contribution in [2.45, 2.75) is 11.1 Å². The lowest BCUT2D eigenvalue weighted by atomic mass is 9.80. The summed E-state index contributed by atoms with van der Waals surface area (Å²) in [7, 11) is -3.12. The van der Waals surface area contributed by atoms with Gasteiger partial charge < -0.3 is 9.47 Å². The third-order valence-corrected chi connectivity index (χ3v) is 5.73. The Morgan fingerprint density at radius 3 is 1.39 bits per heavy atom. The van der Waals surface area contributed by atoms with E-state index in [2.05, 4.69) is 0 Å². The summed E-state index contributed by atoms with van der Waals surface area (Å²) in [5.74, 6) is 0.887. The van der Waals surface area contributed by atoms with Crippen molar-refractivity contribution in [2.75, 3.05) is 14.2 Å². The second-order valence-electron chi connectivity index (χ2n) is 6.49. The molecule has 0 bridgehead atoms. The van der Waals surface area contributed by atoms with Gasteiger partial charge in [0.15, 0.2) is 5.60 Å². The van der Waals surface area contributed by atoms with Gasteiger partial charge in [0, 0.05) is 0 Å². The molecule has 0 aliphatic heterocycles. The molecule has 0 aliphatic rings. The molecule has 0 amide bonds. The van der Waals surface area contributed by atoms with Crippen molar-refractivity contribution in [1.29, 1.82) is 0 Å². The third-order valence-electron chi connectivity index (χ3n) is 4.69. The van der Waals surface area contributed by atoms with Crippen LogP contribution in [0, 0.1) is 0 Å². The SMILES string of the molecule is COc1ccc(C(OS(=O)(=O)C(F)(F)F)(c2ccccc2)c2ccc(OC)cc2)cc1. The summed E-state index contributed by atoms with van der Waals surface area (Å²) >= 11 is 0. The van der Waals surface area contributed by atoms with Crippen molar-refractivity contribution < 1.29 is 35.2 Å². The maximum atomic E-state index is 13.4. The van der Waals surface area contributed by atoms with Gasteiger partial charge in [-0.2, -0.15) is 21.6 Å². The van der Waals surface area contributed by atoms with E-state index in [1.54, 1.807) is 18.2 Å². The first-order valence-corrected chi connectivity index (χ1v) is 10.4. The number of hydrogen-bond acceptors (Lipinski definition) is 5. The molecule has 164 valence electrons. The minimum Gasteiger partial charge on any atom is -0.497 e. The number of benzene rings is 3. The molecule has 0 aromatic heterocycles. The number of rotatable bonds is 7. The standard InChI is InChI=1S/C22H19F3O5S/c1-28-19-12-8-17(9-13-19)21(16-6-4-3-5-7-16,30-31(26,27)22(23,24)25)18-10-14-20(29-2)15-11-18/h3-15H,1-2H3. The van der Waals surface area contributed by atoms with Crippen LogP contribution in [0.15, 0.2) is 78.9 Å². The van der Waals surface area contributed by atoms with Crippen molar-refractivity contribution in [3.8, 4) is 11.5 Å². The second kappa shape index (κ2) is 8.60. The summed E-state index contributed by atoms with van der Waals surface area (Å²) in [6, 6.07) is 19.7. The van der Waals surface area contributed by atoms with Gasteiger partial charge in [0.25, 0.3) is 0 Å². The van der Waals surface area contributed by atoms with Crippen LogP contribution in [0.4, 0.5) is 13.2 Å². The highest BCUT2D eigenvalue weighted by molar-refractivity contribution is 7.87. The van der Waals surface area contributed by atoms with Crippen LogP contribution in [-0.2, 0) is 19.9 Å². The van der Waals surface area contributed by atoms with Gasteiger partial charge >= 0.3 is 15.6 Å². The summed E-state index contributed by atoms with van der Waals surface area (Å²) in [6.45, 7) is 0. The zero-order valence-electron chi connectivity index (χ0n) is 16.6. The highest BCUT2D eigenvalue weighted by Crippen LogP contribution is 2.45. The average Bonchev–Trinajstić information content (AvgIpc) is 2.77. The Morgan fingerprint density at radius 2 is 1.03 bits per heavy atom. The zero-order chi connectivity index (χ0) is 22.7. The molecule has 0 spiro atoms. The topological polar surface area (TPSA) is 61.8 Å². The summed E-state index contributed by atoms with van der Waals surface area (Å²) in [5, 5.41) is 0. The number of alkyl halides is 3. The van der Waals surface area contributed by atoms with Crippen molar-refractivity contribution in [3.05, 3.63) is 95.6 Å². The molecule has 3 rings (SSSR count). The van der Waals surface area contributed by atoms with Gasteiger partial charge in [-0.15, -0.1) is 0 Å². The van der Waals surface area contributed by atoms with E-state index in [1.165, 1.54) is 74.9 Å². The van der Waals surface area contributed by atoms with Crippen LogP contribution < -0.4 is 9.47 Å². The molecular formula is C22H19F3O5S. The molecular weight excluding hydrogens is 433 g/mol. The molecule has 0 saturated carbocycles. The maximum Gasteiger partial charge on any atom is 0.523 e. The van der Waals surface area contributed by atoms with Crippen LogP contribution >= 0.6 is 0 Å². The fourth-order valence-electron chi connectivity index (χ4n) is 3.18. The van der Waals surface area contributed by atoms with Gasteiger partial charge in [-0.05, 0) is 41.0 Å². The van der Waals surface area contributed by atoms with E-state index in [1.807, 2.05) is 0 Å². The number of hydrogen-bond donors (Lipinski definition) is 0. The average molecular weight is 452 g/mol. The molecule has 0 heterocycles. The first-order valence-electron chi connectivity index (χ1n) is 9.00. The Bertz CT molecular complexity index is 1060. The lowest BCUT2D eigenvalue weighted by Gasteiger charge is -2.35. The Labute approximate surface area is 178 Å². The molecule has 5 nitrogen and oxygen atoms in total. The molecule has 3 aromatic rings. The highest BCUT2D eigenvalue weighted by Gasteiger charge is 2.54. The van der Waals surface area contributed by atoms with Crippen LogP contribution in [0.25, 0.3) is 0 Å². The van der Waals surface area contributed by atoms with Gasteiger partial charge in [0.1, 0.15) is 11.5 Å². The first kappa shape index (κ1) is 22.6. The molecule has 0 N–H and O–H groups in total. The van der Waals surface area contributed by atoms with E-state index >= 15 is 0 Å². The minimum atomic E-state index is -5.99. The van der Waals surface area contributed by atoms with Crippen molar-refractivity contribution in [3.63, 3.8) is 0 Å². The van der Waals surface area contributed by atoms with E-state index in [9.17, 15) is 21.6 Å².